The Bertz CT molecular complexity index is 355. The zero-order valence-electron chi connectivity index (χ0n) is 12.3. The second-order valence-corrected chi connectivity index (χ2v) is 5.58. The van der Waals surface area contributed by atoms with E-state index in [2.05, 4.69) is 42.6 Å². The molecule has 1 aliphatic rings. The summed E-state index contributed by atoms with van der Waals surface area (Å²) in [7, 11) is 1.89. The second kappa shape index (κ2) is 7.06. The highest BCUT2D eigenvalue weighted by molar-refractivity contribution is 5.22. The summed E-state index contributed by atoms with van der Waals surface area (Å²) in [5.41, 5.74) is 1.32. The standard InChI is InChI=1S/C17H27NO/c1-3-18-16(15-11-7-6-8-12-15)17(19-2)13-9-4-5-10-14-17/h6-8,11-12,16,18H,3-5,9-10,13-14H2,1-2H3. The minimum absolute atomic E-state index is 0.0339. The van der Waals surface area contributed by atoms with Gasteiger partial charge < -0.3 is 10.1 Å². The van der Waals surface area contributed by atoms with Crippen molar-refractivity contribution in [3.63, 3.8) is 0 Å². The lowest BCUT2D eigenvalue weighted by Crippen LogP contribution is -2.45. The third-order valence-electron chi connectivity index (χ3n) is 4.42. The van der Waals surface area contributed by atoms with Crippen molar-refractivity contribution in [2.24, 2.45) is 0 Å². The van der Waals surface area contributed by atoms with Gasteiger partial charge in [-0.05, 0) is 24.9 Å². The molecule has 1 saturated carbocycles. The van der Waals surface area contributed by atoms with Gasteiger partial charge in [0.25, 0.3) is 0 Å². The van der Waals surface area contributed by atoms with E-state index in [-0.39, 0.29) is 5.60 Å². The lowest BCUT2D eigenvalue weighted by Gasteiger charge is -2.40. The first-order chi connectivity index (χ1) is 9.32. The fraction of sp³-hybridized carbons (Fsp3) is 0.647. The number of ether oxygens (including phenoxy) is 1. The van der Waals surface area contributed by atoms with Crippen molar-refractivity contribution in [3.05, 3.63) is 35.9 Å². The molecule has 19 heavy (non-hydrogen) atoms. The van der Waals surface area contributed by atoms with Crippen molar-refractivity contribution in [2.75, 3.05) is 13.7 Å². The highest BCUT2D eigenvalue weighted by atomic mass is 16.5. The first-order valence-electron chi connectivity index (χ1n) is 7.66. The van der Waals surface area contributed by atoms with Crippen molar-refractivity contribution >= 4 is 0 Å². The number of methoxy groups -OCH3 is 1. The highest BCUT2D eigenvalue weighted by Gasteiger charge is 2.39. The van der Waals surface area contributed by atoms with E-state index in [0.29, 0.717) is 6.04 Å². The Labute approximate surface area is 117 Å². The van der Waals surface area contributed by atoms with E-state index < -0.39 is 0 Å². The molecule has 1 atom stereocenters. The van der Waals surface area contributed by atoms with Gasteiger partial charge in [-0.3, -0.25) is 0 Å². The second-order valence-electron chi connectivity index (χ2n) is 5.58. The summed E-state index contributed by atoms with van der Waals surface area (Å²) in [6.45, 7) is 3.15. The van der Waals surface area contributed by atoms with Gasteiger partial charge >= 0.3 is 0 Å². The molecule has 2 rings (SSSR count). The summed E-state index contributed by atoms with van der Waals surface area (Å²) in [6.07, 6.45) is 7.58. The Morgan fingerprint density at radius 1 is 1.11 bits per heavy atom. The molecule has 1 aliphatic carbocycles. The molecule has 0 saturated heterocycles. The Kier molecular flexibility index (Phi) is 5.41. The number of hydrogen-bond donors (Lipinski definition) is 1. The Morgan fingerprint density at radius 2 is 1.74 bits per heavy atom. The summed E-state index contributed by atoms with van der Waals surface area (Å²) in [5, 5.41) is 3.66. The van der Waals surface area contributed by atoms with Gasteiger partial charge in [0.15, 0.2) is 0 Å². The quantitative estimate of drug-likeness (QED) is 0.807. The van der Waals surface area contributed by atoms with Crippen LogP contribution in [0.25, 0.3) is 0 Å². The van der Waals surface area contributed by atoms with Crippen LogP contribution in [0.5, 0.6) is 0 Å². The van der Waals surface area contributed by atoms with Crippen LogP contribution in [0.2, 0.25) is 0 Å². The third kappa shape index (κ3) is 3.37. The largest absolute Gasteiger partial charge is 0.376 e. The van der Waals surface area contributed by atoms with Crippen molar-refractivity contribution in [1.82, 2.24) is 5.32 Å². The first-order valence-corrected chi connectivity index (χ1v) is 7.66. The summed E-state index contributed by atoms with van der Waals surface area (Å²) < 4.78 is 6.07. The molecule has 0 radical (unpaired) electrons. The SMILES string of the molecule is CCNC(c1ccccc1)C1(OC)CCCCCC1. The average Bonchev–Trinajstić information content (AvgIpc) is 2.72. The smallest absolute Gasteiger partial charge is 0.0872 e. The maximum atomic E-state index is 6.07. The van der Waals surface area contributed by atoms with Gasteiger partial charge in [-0.15, -0.1) is 0 Å². The average molecular weight is 261 g/mol. The molecule has 0 amide bonds. The lowest BCUT2D eigenvalue weighted by atomic mass is 9.82. The lowest BCUT2D eigenvalue weighted by molar-refractivity contribution is -0.0537. The fourth-order valence-electron chi connectivity index (χ4n) is 3.39. The molecule has 0 aliphatic heterocycles. The maximum absolute atomic E-state index is 6.07. The van der Waals surface area contributed by atoms with Gasteiger partial charge in [-0.2, -0.15) is 0 Å². The normalized spacial score (nSPS) is 20.7. The predicted octanol–water partition coefficient (Wildman–Crippen LogP) is 4.08. The van der Waals surface area contributed by atoms with Gasteiger partial charge in [0.2, 0.25) is 0 Å². The Hall–Kier alpha value is -0.860. The van der Waals surface area contributed by atoms with Gasteiger partial charge in [0.1, 0.15) is 0 Å². The first kappa shape index (κ1) is 14.5. The molecular weight excluding hydrogens is 234 g/mol. The van der Waals surface area contributed by atoms with Crippen LogP contribution in [-0.4, -0.2) is 19.3 Å². The van der Waals surface area contributed by atoms with Crippen LogP contribution in [0.4, 0.5) is 0 Å². The molecule has 0 heterocycles. The zero-order valence-corrected chi connectivity index (χ0v) is 12.3. The summed E-state index contributed by atoms with van der Waals surface area (Å²) in [6, 6.07) is 11.1. The molecular formula is C17H27NO. The highest BCUT2D eigenvalue weighted by Crippen LogP contribution is 2.40. The van der Waals surface area contributed by atoms with Crippen molar-refractivity contribution in [2.45, 2.75) is 57.1 Å². The van der Waals surface area contributed by atoms with Gasteiger partial charge in [-0.25, -0.2) is 0 Å². The van der Waals surface area contributed by atoms with Crippen LogP contribution in [0.1, 0.15) is 57.1 Å². The van der Waals surface area contributed by atoms with Crippen LogP contribution in [0.15, 0.2) is 30.3 Å². The van der Waals surface area contributed by atoms with Gasteiger partial charge in [-0.1, -0.05) is 62.9 Å². The van der Waals surface area contributed by atoms with Gasteiger partial charge in [0.05, 0.1) is 11.6 Å². The van der Waals surface area contributed by atoms with Crippen LogP contribution in [0.3, 0.4) is 0 Å². The van der Waals surface area contributed by atoms with E-state index in [0.717, 1.165) is 19.4 Å². The Balaban J connectivity index is 2.29. The summed E-state index contributed by atoms with van der Waals surface area (Å²) in [5.74, 6) is 0. The van der Waals surface area contributed by atoms with E-state index in [4.69, 9.17) is 4.74 Å². The molecule has 0 bridgehead atoms. The predicted molar refractivity (Wildman–Crippen MR) is 80.3 cm³/mol. The van der Waals surface area contributed by atoms with Crippen LogP contribution >= 0.6 is 0 Å². The third-order valence-corrected chi connectivity index (χ3v) is 4.42. The van der Waals surface area contributed by atoms with Gasteiger partial charge in [0, 0.05) is 7.11 Å². The molecule has 1 unspecified atom stereocenters. The van der Waals surface area contributed by atoms with E-state index in [1.54, 1.807) is 0 Å². The monoisotopic (exact) mass is 261 g/mol. The molecule has 2 heteroatoms. The molecule has 1 fully saturated rings. The minimum Gasteiger partial charge on any atom is -0.376 e. The van der Waals surface area contributed by atoms with E-state index in [9.17, 15) is 0 Å². The van der Waals surface area contributed by atoms with Crippen molar-refractivity contribution in [3.8, 4) is 0 Å². The molecule has 1 N–H and O–H groups in total. The van der Waals surface area contributed by atoms with Crippen molar-refractivity contribution in [1.29, 1.82) is 0 Å². The van der Waals surface area contributed by atoms with E-state index >= 15 is 0 Å². The molecule has 0 aromatic heterocycles. The minimum atomic E-state index is -0.0339. The summed E-state index contributed by atoms with van der Waals surface area (Å²) in [4.78, 5) is 0. The number of hydrogen-bond acceptors (Lipinski definition) is 2. The number of nitrogens with one attached hydrogen (secondary N) is 1. The van der Waals surface area contributed by atoms with E-state index in [1.165, 1.54) is 31.2 Å². The van der Waals surface area contributed by atoms with Crippen molar-refractivity contribution < 1.29 is 4.74 Å². The molecule has 106 valence electrons. The zero-order chi connectivity index (χ0) is 13.6. The molecule has 1 aromatic rings. The topological polar surface area (TPSA) is 21.3 Å². The molecule has 1 aromatic carbocycles. The molecule has 2 nitrogen and oxygen atoms in total. The Morgan fingerprint density at radius 3 is 2.26 bits per heavy atom. The number of likely N-dealkylation sites (N-methyl/N-ethyl adjacent to an activating group) is 1. The molecule has 0 spiro atoms. The summed E-state index contributed by atoms with van der Waals surface area (Å²) >= 11 is 0. The van der Waals surface area contributed by atoms with E-state index in [1.807, 2.05) is 7.11 Å². The fourth-order valence-corrected chi connectivity index (χ4v) is 3.39. The van der Waals surface area contributed by atoms with Crippen LogP contribution < -0.4 is 5.32 Å². The maximum Gasteiger partial charge on any atom is 0.0872 e. The van der Waals surface area contributed by atoms with Crippen LogP contribution in [-0.2, 0) is 4.74 Å². The number of benzene rings is 1. The van der Waals surface area contributed by atoms with Crippen LogP contribution in [0, 0.1) is 0 Å². The number of rotatable bonds is 5.